The van der Waals surface area contributed by atoms with Gasteiger partial charge in [0.05, 0.1) is 21.3 Å². The average molecular weight is 384 g/mol. The van der Waals surface area contributed by atoms with Crippen molar-refractivity contribution >= 4 is 22.7 Å². The van der Waals surface area contributed by atoms with Crippen molar-refractivity contribution in [3.8, 4) is 17.2 Å². The van der Waals surface area contributed by atoms with Crippen LogP contribution in [0.2, 0.25) is 0 Å². The lowest BCUT2D eigenvalue weighted by Crippen LogP contribution is -2.16. The molecule has 2 aromatic carbocycles. The summed E-state index contributed by atoms with van der Waals surface area (Å²) in [6.45, 7) is 1.27. The van der Waals surface area contributed by atoms with E-state index in [9.17, 15) is 9.59 Å². The molecule has 1 aromatic heterocycles. The zero-order chi connectivity index (χ0) is 20.3. The zero-order valence-corrected chi connectivity index (χ0v) is 16.0. The molecule has 0 saturated heterocycles. The number of rotatable bonds is 7. The Bertz CT molecular complexity index is 1010. The summed E-state index contributed by atoms with van der Waals surface area (Å²) in [5.74, 6) is -0.121. The van der Waals surface area contributed by atoms with E-state index in [4.69, 9.17) is 23.4 Å². The molecule has 0 N–H and O–H groups in total. The standard InChI is InChI=1S/C21H20O7/c1-12-14-7-5-6-8-16(14)28-20(12)21(23)27-11-15(22)19-17(25-3)9-13(24-2)10-18(19)26-4/h5-10H,11H2,1-4H3. The number of carbonyl (C=O) groups is 2. The Morgan fingerprint density at radius 2 is 1.61 bits per heavy atom. The Kier molecular flexibility index (Phi) is 5.54. The number of ketones is 1. The van der Waals surface area contributed by atoms with E-state index >= 15 is 0 Å². The number of hydrogen-bond acceptors (Lipinski definition) is 7. The average Bonchev–Trinajstić information content (AvgIpc) is 3.07. The van der Waals surface area contributed by atoms with Crippen molar-refractivity contribution in [1.29, 1.82) is 0 Å². The van der Waals surface area contributed by atoms with E-state index < -0.39 is 18.4 Å². The zero-order valence-electron chi connectivity index (χ0n) is 16.0. The van der Waals surface area contributed by atoms with Gasteiger partial charge in [0, 0.05) is 23.1 Å². The van der Waals surface area contributed by atoms with Crippen LogP contribution in [0.4, 0.5) is 0 Å². The minimum absolute atomic E-state index is 0.0719. The minimum atomic E-state index is -0.714. The number of hydrogen-bond donors (Lipinski definition) is 0. The molecule has 3 aromatic rings. The summed E-state index contributed by atoms with van der Waals surface area (Å²) in [6, 6.07) is 10.4. The summed E-state index contributed by atoms with van der Waals surface area (Å²) >= 11 is 0. The number of furan rings is 1. The predicted molar refractivity (Wildman–Crippen MR) is 102 cm³/mol. The lowest BCUT2D eigenvalue weighted by atomic mass is 10.1. The molecular weight excluding hydrogens is 364 g/mol. The summed E-state index contributed by atoms with van der Waals surface area (Å²) in [4.78, 5) is 25.1. The molecule has 146 valence electrons. The maximum Gasteiger partial charge on any atom is 0.375 e. The third kappa shape index (κ3) is 3.51. The molecule has 0 aliphatic rings. The van der Waals surface area contributed by atoms with Gasteiger partial charge < -0.3 is 23.4 Å². The highest BCUT2D eigenvalue weighted by Gasteiger charge is 2.24. The lowest BCUT2D eigenvalue weighted by Gasteiger charge is -2.14. The Morgan fingerprint density at radius 3 is 2.18 bits per heavy atom. The summed E-state index contributed by atoms with van der Waals surface area (Å²) in [5, 5.41) is 0.819. The van der Waals surface area contributed by atoms with Gasteiger partial charge in [-0.25, -0.2) is 4.79 Å². The molecule has 7 nitrogen and oxygen atoms in total. The van der Waals surface area contributed by atoms with Crippen LogP contribution in [-0.2, 0) is 4.74 Å². The highest BCUT2D eigenvalue weighted by molar-refractivity contribution is 6.04. The molecule has 0 saturated carbocycles. The smallest absolute Gasteiger partial charge is 0.375 e. The quantitative estimate of drug-likeness (QED) is 0.452. The molecule has 0 atom stereocenters. The van der Waals surface area contributed by atoms with E-state index in [1.54, 1.807) is 25.1 Å². The van der Waals surface area contributed by atoms with Crippen LogP contribution in [0, 0.1) is 6.92 Å². The van der Waals surface area contributed by atoms with E-state index in [0.29, 0.717) is 16.9 Å². The molecule has 1 heterocycles. The first-order valence-corrected chi connectivity index (χ1v) is 8.48. The van der Waals surface area contributed by atoms with E-state index in [2.05, 4.69) is 0 Å². The second-order valence-corrected chi connectivity index (χ2v) is 5.96. The summed E-state index contributed by atoms with van der Waals surface area (Å²) < 4.78 is 26.4. The van der Waals surface area contributed by atoms with Gasteiger partial charge in [0.15, 0.2) is 6.61 Å². The van der Waals surface area contributed by atoms with Crippen molar-refractivity contribution in [2.75, 3.05) is 27.9 Å². The molecule has 0 aliphatic heterocycles. The Morgan fingerprint density at radius 1 is 0.964 bits per heavy atom. The van der Waals surface area contributed by atoms with Crippen molar-refractivity contribution in [2.24, 2.45) is 0 Å². The Balaban J connectivity index is 1.82. The molecule has 0 fully saturated rings. The minimum Gasteiger partial charge on any atom is -0.496 e. The Hall–Kier alpha value is -3.48. The predicted octanol–water partition coefficient (Wildman–Crippen LogP) is 3.81. The van der Waals surface area contributed by atoms with Crippen LogP contribution < -0.4 is 14.2 Å². The molecular formula is C21H20O7. The molecule has 0 amide bonds. The van der Waals surface area contributed by atoms with E-state index in [0.717, 1.165) is 5.39 Å². The van der Waals surface area contributed by atoms with Gasteiger partial charge in [-0.2, -0.15) is 0 Å². The maximum absolute atomic E-state index is 12.7. The number of aryl methyl sites for hydroxylation is 1. The highest BCUT2D eigenvalue weighted by Crippen LogP contribution is 2.34. The third-order valence-corrected chi connectivity index (χ3v) is 4.36. The SMILES string of the molecule is COc1cc(OC)c(C(=O)COC(=O)c2oc3ccccc3c2C)c(OC)c1. The molecule has 0 unspecified atom stereocenters. The molecule has 28 heavy (non-hydrogen) atoms. The number of carbonyl (C=O) groups excluding carboxylic acids is 2. The fourth-order valence-corrected chi connectivity index (χ4v) is 2.92. The first-order valence-electron chi connectivity index (χ1n) is 8.48. The highest BCUT2D eigenvalue weighted by atomic mass is 16.5. The first kappa shape index (κ1) is 19.3. The van der Waals surface area contributed by atoms with E-state index in [1.165, 1.54) is 21.3 Å². The second-order valence-electron chi connectivity index (χ2n) is 5.96. The molecule has 0 bridgehead atoms. The fraction of sp³-hybridized carbons (Fsp3) is 0.238. The number of esters is 1. The van der Waals surface area contributed by atoms with Crippen LogP contribution in [0.5, 0.6) is 17.2 Å². The van der Waals surface area contributed by atoms with Crippen LogP contribution in [0.3, 0.4) is 0 Å². The molecule has 0 aliphatic carbocycles. The number of para-hydroxylation sites is 1. The van der Waals surface area contributed by atoms with Gasteiger partial charge in [0.25, 0.3) is 0 Å². The van der Waals surface area contributed by atoms with E-state index in [-0.39, 0.29) is 22.8 Å². The fourth-order valence-electron chi connectivity index (χ4n) is 2.92. The van der Waals surface area contributed by atoms with Crippen molar-refractivity contribution in [2.45, 2.75) is 6.92 Å². The van der Waals surface area contributed by atoms with Crippen molar-refractivity contribution < 1.29 is 33.0 Å². The summed E-state index contributed by atoms with van der Waals surface area (Å²) in [5.41, 5.74) is 1.41. The molecule has 0 spiro atoms. The van der Waals surface area contributed by atoms with Gasteiger partial charge in [0.2, 0.25) is 11.5 Å². The largest absolute Gasteiger partial charge is 0.496 e. The van der Waals surface area contributed by atoms with Gasteiger partial charge >= 0.3 is 5.97 Å². The molecule has 7 heteroatoms. The Labute approximate surface area is 161 Å². The number of ether oxygens (including phenoxy) is 4. The second kappa shape index (κ2) is 8.04. The monoisotopic (exact) mass is 384 g/mol. The van der Waals surface area contributed by atoms with Crippen LogP contribution >= 0.6 is 0 Å². The van der Waals surface area contributed by atoms with Crippen LogP contribution in [0.15, 0.2) is 40.8 Å². The van der Waals surface area contributed by atoms with Gasteiger partial charge in [-0.3, -0.25) is 4.79 Å². The first-order chi connectivity index (χ1) is 13.5. The third-order valence-electron chi connectivity index (χ3n) is 4.36. The molecule has 3 rings (SSSR count). The summed E-state index contributed by atoms with van der Waals surface area (Å²) in [7, 11) is 4.34. The van der Waals surface area contributed by atoms with Crippen molar-refractivity contribution in [3.63, 3.8) is 0 Å². The van der Waals surface area contributed by atoms with Gasteiger partial charge in [0.1, 0.15) is 28.4 Å². The van der Waals surface area contributed by atoms with Crippen molar-refractivity contribution in [1.82, 2.24) is 0 Å². The number of methoxy groups -OCH3 is 3. The lowest BCUT2D eigenvalue weighted by molar-refractivity contribution is 0.0443. The number of Topliss-reactive ketones (excluding diaryl/α,β-unsaturated/α-hetero) is 1. The van der Waals surface area contributed by atoms with Crippen LogP contribution in [0.1, 0.15) is 26.5 Å². The normalized spacial score (nSPS) is 10.6. The van der Waals surface area contributed by atoms with Crippen molar-refractivity contribution in [3.05, 3.63) is 53.3 Å². The number of fused-ring (bicyclic) bond motifs is 1. The van der Waals surface area contributed by atoms with Gasteiger partial charge in [-0.15, -0.1) is 0 Å². The van der Waals surface area contributed by atoms with Crippen LogP contribution in [-0.4, -0.2) is 39.7 Å². The summed E-state index contributed by atoms with van der Waals surface area (Å²) in [6.07, 6.45) is 0. The number of benzene rings is 2. The van der Waals surface area contributed by atoms with E-state index in [1.807, 2.05) is 18.2 Å². The maximum atomic E-state index is 12.7. The van der Waals surface area contributed by atoms with Gasteiger partial charge in [-0.05, 0) is 13.0 Å². The molecule has 0 radical (unpaired) electrons. The van der Waals surface area contributed by atoms with Crippen LogP contribution in [0.25, 0.3) is 11.0 Å². The topological polar surface area (TPSA) is 84.2 Å². The van der Waals surface area contributed by atoms with Gasteiger partial charge in [-0.1, -0.05) is 18.2 Å².